The van der Waals surface area contributed by atoms with Crippen LogP contribution in [0, 0.1) is 0 Å². The highest BCUT2D eigenvalue weighted by Crippen LogP contribution is 2.24. The van der Waals surface area contributed by atoms with Gasteiger partial charge in [0.05, 0.1) is 0 Å². The van der Waals surface area contributed by atoms with Gasteiger partial charge >= 0.3 is 5.97 Å². The van der Waals surface area contributed by atoms with Crippen molar-refractivity contribution in [3.63, 3.8) is 0 Å². The molecule has 0 heterocycles. The number of benzene rings is 1. The van der Waals surface area contributed by atoms with Crippen molar-refractivity contribution in [2.24, 2.45) is 0 Å². The summed E-state index contributed by atoms with van der Waals surface area (Å²) in [4.78, 5) is 10.7. The molecule has 0 aliphatic heterocycles. The van der Waals surface area contributed by atoms with Gasteiger partial charge in [-0.2, -0.15) is 0 Å². The fourth-order valence-corrected chi connectivity index (χ4v) is 1.90. The number of alkyl halides is 1. The van der Waals surface area contributed by atoms with E-state index in [4.69, 9.17) is 16.7 Å². The van der Waals surface area contributed by atoms with Gasteiger partial charge in [0.2, 0.25) is 0 Å². The molecule has 1 rings (SSSR count). The van der Waals surface area contributed by atoms with Crippen LogP contribution in [0.1, 0.15) is 23.7 Å². The zero-order valence-corrected chi connectivity index (χ0v) is 10.8. The molecular formula is C11H12BrClO3. The Hall–Kier alpha value is -0.580. The zero-order valence-electron chi connectivity index (χ0n) is 8.49. The van der Waals surface area contributed by atoms with Crippen LogP contribution in [0.4, 0.5) is 0 Å². The molecule has 2 N–H and O–H groups in total. The number of carbonyl (C=O) groups is 1. The summed E-state index contributed by atoms with van der Waals surface area (Å²) in [7, 11) is 0. The summed E-state index contributed by atoms with van der Waals surface area (Å²) in [5.74, 6) is -1.26. The third-order valence-corrected chi connectivity index (χ3v) is 3.01. The number of halogens is 2. The van der Waals surface area contributed by atoms with Crippen LogP contribution >= 0.6 is 27.5 Å². The molecule has 16 heavy (non-hydrogen) atoms. The molecule has 1 unspecified atom stereocenters. The minimum absolute atomic E-state index is 0.376. The SMILES string of the molecule is O=C(O)C(O)c1cc(Cl)ccc1CCCBr. The van der Waals surface area contributed by atoms with E-state index in [9.17, 15) is 9.90 Å². The third-order valence-electron chi connectivity index (χ3n) is 2.22. The Balaban J connectivity index is 3.02. The first-order valence-corrected chi connectivity index (χ1v) is 6.31. The van der Waals surface area contributed by atoms with E-state index in [0.29, 0.717) is 17.0 Å². The monoisotopic (exact) mass is 306 g/mol. The molecule has 5 heteroatoms. The first-order valence-electron chi connectivity index (χ1n) is 4.81. The van der Waals surface area contributed by atoms with E-state index >= 15 is 0 Å². The fourth-order valence-electron chi connectivity index (χ4n) is 1.44. The molecule has 0 aliphatic rings. The lowest BCUT2D eigenvalue weighted by Crippen LogP contribution is -2.12. The second-order valence-electron chi connectivity index (χ2n) is 3.38. The topological polar surface area (TPSA) is 57.5 Å². The molecule has 1 atom stereocenters. The first-order chi connectivity index (χ1) is 7.56. The van der Waals surface area contributed by atoms with Gasteiger partial charge in [-0.1, -0.05) is 33.6 Å². The molecule has 1 aromatic rings. The largest absolute Gasteiger partial charge is 0.479 e. The Bertz CT molecular complexity index is 381. The summed E-state index contributed by atoms with van der Waals surface area (Å²) in [6, 6.07) is 4.96. The summed E-state index contributed by atoms with van der Waals surface area (Å²) in [5, 5.41) is 19.6. The van der Waals surface area contributed by atoms with Crippen molar-refractivity contribution in [3.05, 3.63) is 34.3 Å². The molecule has 3 nitrogen and oxygen atoms in total. The van der Waals surface area contributed by atoms with Crippen LogP contribution in [0.3, 0.4) is 0 Å². The molecule has 0 bridgehead atoms. The average Bonchev–Trinajstić information content (AvgIpc) is 2.26. The van der Waals surface area contributed by atoms with Crippen LogP contribution in [0.2, 0.25) is 5.02 Å². The molecule has 0 radical (unpaired) electrons. The summed E-state index contributed by atoms with van der Waals surface area (Å²) >= 11 is 9.09. The second kappa shape index (κ2) is 6.23. The Morgan fingerprint density at radius 2 is 2.19 bits per heavy atom. The lowest BCUT2D eigenvalue weighted by molar-refractivity contribution is -0.147. The number of aliphatic hydroxyl groups is 1. The van der Waals surface area contributed by atoms with Crippen molar-refractivity contribution in [1.82, 2.24) is 0 Å². The molecule has 0 saturated heterocycles. The van der Waals surface area contributed by atoms with E-state index in [0.717, 1.165) is 17.3 Å². The standard InChI is InChI=1S/C11H12BrClO3/c12-5-1-2-7-3-4-8(13)6-9(7)10(14)11(15)16/h3-4,6,10,14H,1-2,5H2,(H,15,16). The maximum Gasteiger partial charge on any atom is 0.337 e. The second-order valence-corrected chi connectivity index (χ2v) is 4.61. The summed E-state index contributed by atoms with van der Waals surface area (Å²) < 4.78 is 0. The van der Waals surface area contributed by atoms with Crippen LogP contribution in [-0.4, -0.2) is 21.5 Å². The summed E-state index contributed by atoms with van der Waals surface area (Å²) in [5.41, 5.74) is 1.19. The van der Waals surface area contributed by atoms with Crippen LogP contribution in [0.15, 0.2) is 18.2 Å². The van der Waals surface area contributed by atoms with E-state index in [1.807, 2.05) is 0 Å². The highest BCUT2D eigenvalue weighted by molar-refractivity contribution is 9.09. The molecule has 0 aliphatic carbocycles. The quantitative estimate of drug-likeness (QED) is 0.822. The van der Waals surface area contributed by atoms with Gasteiger partial charge in [-0.25, -0.2) is 4.79 Å². The highest BCUT2D eigenvalue weighted by Gasteiger charge is 2.19. The number of rotatable bonds is 5. The lowest BCUT2D eigenvalue weighted by Gasteiger charge is -2.12. The number of carboxylic acid groups (broad SMARTS) is 1. The summed E-state index contributed by atoms with van der Waals surface area (Å²) in [6.07, 6.45) is 0.0762. The predicted octanol–water partition coefficient (Wildman–Crippen LogP) is 2.79. The van der Waals surface area contributed by atoms with E-state index < -0.39 is 12.1 Å². The Kier molecular flexibility index (Phi) is 5.25. The number of hydrogen-bond acceptors (Lipinski definition) is 2. The van der Waals surface area contributed by atoms with Crippen molar-refractivity contribution < 1.29 is 15.0 Å². The smallest absolute Gasteiger partial charge is 0.337 e. The van der Waals surface area contributed by atoms with Gasteiger partial charge in [0.25, 0.3) is 0 Å². The minimum Gasteiger partial charge on any atom is -0.479 e. The average molecular weight is 308 g/mol. The normalized spacial score (nSPS) is 12.4. The molecular weight excluding hydrogens is 295 g/mol. The molecule has 0 aromatic heterocycles. The summed E-state index contributed by atoms with van der Waals surface area (Å²) in [6.45, 7) is 0. The van der Waals surface area contributed by atoms with E-state index in [1.165, 1.54) is 6.07 Å². The van der Waals surface area contributed by atoms with Crippen molar-refractivity contribution >= 4 is 33.5 Å². The lowest BCUT2D eigenvalue weighted by atomic mass is 9.99. The van der Waals surface area contributed by atoms with Gasteiger partial charge in [0.15, 0.2) is 6.10 Å². The molecule has 0 spiro atoms. The third kappa shape index (κ3) is 3.47. The van der Waals surface area contributed by atoms with Crippen molar-refractivity contribution in [3.8, 4) is 0 Å². The van der Waals surface area contributed by atoms with Gasteiger partial charge in [0, 0.05) is 10.4 Å². The Labute approximate surface area is 107 Å². The molecule has 0 amide bonds. The predicted molar refractivity (Wildman–Crippen MR) is 66.2 cm³/mol. The molecule has 1 aromatic carbocycles. The number of aliphatic hydroxyl groups excluding tert-OH is 1. The van der Waals surface area contributed by atoms with Gasteiger partial charge in [-0.15, -0.1) is 0 Å². The van der Waals surface area contributed by atoms with Crippen molar-refractivity contribution in [2.45, 2.75) is 18.9 Å². The first kappa shape index (κ1) is 13.5. The molecule has 88 valence electrons. The van der Waals surface area contributed by atoms with E-state index in [1.54, 1.807) is 12.1 Å². The number of carboxylic acids is 1. The van der Waals surface area contributed by atoms with Crippen LogP contribution < -0.4 is 0 Å². The maximum absolute atomic E-state index is 10.7. The molecule has 0 saturated carbocycles. The number of aryl methyl sites for hydroxylation is 1. The van der Waals surface area contributed by atoms with Gasteiger partial charge in [0.1, 0.15) is 0 Å². The Morgan fingerprint density at radius 1 is 1.50 bits per heavy atom. The van der Waals surface area contributed by atoms with Crippen LogP contribution in [0.5, 0.6) is 0 Å². The van der Waals surface area contributed by atoms with Crippen molar-refractivity contribution in [1.29, 1.82) is 0 Å². The fraction of sp³-hybridized carbons (Fsp3) is 0.364. The minimum atomic E-state index is -1.51. The van der Waals surface area contributed by atoms with Crippen LogP contribution in [-0.2, 0) is 11.2 Å². The van der Waals surface area contributed by atoms with Crippen LogP contribution in [0.25, 0.3) is 0 Å². The van der Waals surface area contributed by atoms with Gasteiger partial charge < -0.3 is 10.2 Å². The van der Waals surface area contributed by atoms with Crippen molar-refractivity contribution in [2.75, 3.05) is 5.33 Å². The highest BCUT2D eigenvalue weighted by atomic mass is 79.9. The number of hydrogen-bond donors (Lipinski definition) is 2. The van der Waals surface area contributed by atoms with Gasteiger partial charge in [-0.3, -0.25) is 0 Å². The van der Waals surface area contributed by atoms with E-state index in [2.05, 4.69) is 15.9 Å². The maximum atomic E-state index is 10.7. The zero-order chi connectivity index (χ0) is 12.1. The molecule has 0 fully saturated rings. The van der Waals surface area contributed by atoms with E-state index in [-0.39, 0.29) is 0 Å². The van der Waals surface area contributed by atoms with Gasteiger partial charge in [-0.05, 0) is 36.1 Å². The number of aliphatic carboxylic acids is 1. The Morgan fingerprint density at radius 3 is 2.75 bits per heavy atom.